The summed E-state index contributed by atoms with van der Waals surface area (Å²) in [4.78, 5) is 0. The Morgan fingerprint density at radius 2 is 1.38 bits per heavy atom. The predicted octanol–water partition coefficient (Wildman–Crippen LogP) is 5.54. The van der Waals surface area contributed by atoms with Crippen LogP contribution in [0.3, 0.4) is 0 Å². The molecule has 96 valence electrons. The lowest BCUT2D eigenvalue weighted by Crippen LogP contribution is -2.31. The molecule has 0 aromatic rings. The topological polar surface area (TPSA) is 0 Å². The van der Waals surface area contributed by atoms with Crippen molar-refractivity contribution in [1.82, 2.24) is 0 Å². The van der Waals surface area contributed by atoms with Gasteiger partial charge in [0.1, 0.15) is 0 Å². The minimum atomic E-state index is 0.704. The van der Waals surface area contributed by atoms with Gasteiger partial charge in [0.15, 0.2) is 0 Å². The molecule has 0 amide bonds. The lowest BCUT2D eigenvalue weighted by Gasteiger charge is -2.38. The molecule has 0 fully saturated rings. The van der Waals surface area contributed by atoms with E-state index in [1.165, 1.54) is 12.0 Å². The smallest absolute Gasteiger partial charge is 0.0147 e. The average molecular weight is 224 g/mol. The highest BCUT2D eigenvalue weighted by molar-refractivity contribution is 5.05. The third-order valence-electron chi connectivity index (χ3n) is 4.14. The molecule has 2 unspecified atom stereocenters. The monoisotopic (exact) mass is 224 g/mol. The summed E-state index contributed by atoms with van der Waals surface area (Å²) < 4.78 is 0. The number of allylic oxidation sites excluding steroid dienone is 1. The minimum Gasteiger partial charge on any atom is -0.0996 e. The van der Waals surface area contributed by atoms with Crippen LogP contribution in [0.2, 0.25) is 0 Å². The normalized spacial score (nSPS) is 15.9. The van der Waals surface area contributed by atoms with Gasteiger partial charge in [-0.15, -0.1) is 0 Å². The van der Waals surface area contributed by atoms with Gasteiger partial charge in [-0.1, -0.05) is 67.0 Å². The first-order valence-corrected chi connectivity index (χ1v) is 7.04. The molecule has 0 rings (SSSR count). The third kappa shape index (κ3) is 3.96. The van der Waals surface area contributed by atoms with E-state index in [1.54, 1.807) is 0 Å². The molecule has 0 N–H and O–H groups in total. The zero-order valence-electron chi connectivity index (χ0n) is 12.5. The molecular formula is C16H32. The molecule has 0 heteroatoms. The van der Waals surface area contributed by atoms with Gasteiger partial charge in [0.25, 0.3) is 0 Å². The molecule has 0 saturated heterocycles. The Morgan fingerprint density at radius 3 is 1.62 bits per heavy atom. The van der Waals surface area contributed by atoms with Crippen molar-refractivity contribution in [2.24, 2.45) is 29.6 Å². The highest BCUT2D eigenvalue weighted by Gasteiger charge is 2.31. The first-order valence-electron chi connectivity index (χ1n) is 7.04. The fourth-order valence-electron chi connectivity index (χ4n) is 3.14. The van der Waals surface area contributed by atoms with Gasteiger partial charge in [-0.3, -0.25) is 0 Å². The molecule has 0 heterocycles. The van der Waals surface area contributed by atoms with Gasteiger partial charge in [-0.2, -0.15) is 0 Å². The standard InChI is InChI=1S/C16H32/c1-9-13(7)16(14(8)10-2)15(11(3)4)12(5)6/h11-12,14-16H,7,9-10H2,1-6,8H3. The lowest BCUT2D eigenvalue weighted by atomic mass is 9.67. The second-order valence-electron chi connectivity index (χ2n) is 5.99. The summed E-state index contributed by atoms with van der Waals surface area (Å²) in [6, 6.07) is 0. The van der Waals surface area contributed by atoms with Crippen LogP contribution >= 0.6 is 0 Å². The molecule has 0 nitrogen and oxygen atoms in total. The number of hydrogen-bond donors (Lipinski definition) is 0. The summed E-state index contributed by atoms with van der Waals surface area (Å²) in [5.41, 5.74) is 1.46. The zero-order valence-corrected chi connectivity index (χ0v) is 12.5. The van der Waals surface area contributed by atoms with E-state index in [4.69, 9.17) is 0 Å². The van der Waals surface area contributed by atoms with Gasteiger partial charge in [0, 0.05) is 0 Å². The summed E-state index contributed by atoms with van der Waals surface area (Å²) in [6.07, 6.45) is 2.39. The summed E-state index contributed by atoms with van der Waals surface area (Å²) in [7, 11) is 0. The van der Waals surface area contributed by atoms with Gasteiger partial charge < -0.3 is 0 Å². The Kier molecular flexibility index (Phi) is 7.03. The minimum absolute atomic E-state index is 0.704. The van der Waals surface area contributed by atoms with Gasteiger partial charge in [-0.05, 0) is 36.0 Å². The van der Waals surface area contributed by atoms with Gasteiger partial charge in [0.05, 0.1) is 0 Å². The van der Waals surface area contributed by atoms with Crippen molar-refractivity contribution < 1.29 is 0 Å². The highest BCUT2D eigenvalue weighted by Crippen LogP contribution is 2.39. The van der Waals surface area contributed by atoms with E-state index in [0.717, 1.165) is 30.1 Å². The third-order valence-corrected chi connectivity index (χ3v) is 4.14. The van der Waals surface area contributed by atoms with E-state index in [2.05, 4.69) is 55.0 Å². The van der Waals surface area contributed by atoms with Crippen molar-refractivity contribution in [2.75, 3.05) is 0 Å². The van der Waals surface area contributed by atoms with Crippen molar-refractivity contribution in [2.45, 2.75) is 61.3 Å². The molecule has 16 heavy (non-hydrogen) atoms. The molecule has 0 aliphatic heterocycles. The summed E-state index contributed by atoms with van der Waals surface area (Å²) in [6.45, 7) is 20.7. The van der Waals surface area contributed by atoms with Crippen molar-refractivity contribution in [3.05, 3.63) is 12.2 Å². The van der Waals surface area contributed by atoms with Crippen LogP contribution in [0.25, 0.3) is 0 Å². The van der Waals surface area contributed by atoms with Gasteiger partial charge in [0.2, 0.25) is 0 Å². The van der Waals surface area contributed by atoms with E-state index < -0.39 is 0 Å². The SMILES string of the molecule is C=C(CC)C(C(C)CC)C(C(C)C)C(C)C. The first-order chi connectivity index (χ1) is 7.36. The Balaban J connectivity index is 5.04. The van der Waals surface area contributed by atoms with Gasteiger partial charge >= 0.3 is 0 Å². The van der Waals surface area contributed by atoms with E-state index in [-0.39, 0.29) is 0 Å². The lowest BCUT2D eigenvalue weighted by molar-refractivity contribution is 0.159. The molecular weight excluding hydrogens is 192 g/mol. The molecule has 0 aromatic carbocycles. The summed E-state index contributed by atoms with van der Waals surface area (Å²) in [5.74, 6) is 3.75. The van der Waals surface area contributed by atoms with E-state index in [9.17, 15) is 0 Å². The van der Waals surface area contributed by atoms with Crippen molar-refractivity contribution in [1.29, 1.82) is 0 Å². The maximum atomic E-state index is 4.33. The molecule has 0 aliphatic rings. The van der Waals surface area contributed by atoms with Crippen LogP contribution in [0.4, 0.5) is 0 Å². The second-order valence-corrected chi connectivity index (χ2v) is 5.99. The Hall–Kier alpha value is -0.260. The molecule has 0 bridgehead atoms. The maximum Gasteiger partial charge on any atom is -0.0147 e. The van der Waals surface area contributed by atoms with Gasteiger partial charge in [-0.25, -0.2) is 0 Å². The van der Waals surface area contributed by atoms with Crippen LogP contribution in [-0.4, -0.2) is 0 Å². The van der Waals surface area contributed by atoms with E-state index in [1.807, 2.05) is 0 Å². The molecule has 2 atom stereocenters. The van der Waals surface area contributed by atoms with Crippen molar-refractivity contribution in [3.8, 4) is 0 Å². The molecule has 0 aromatic heterocycles. The van der Waals surface area contributed by atoms with Crippen LogP contribution in [0.1, 0.15) is 61.3 Å². The Bertz CT molecular complexity index is 192. The predicted molar refractivity (Wildman–Crippen MR) is 75.5 cm³/mol. The largest absolute Gasteiger partial charge is 0.0996 e. The summed E-state index contributed by atoms with van der Waals surface area (Å²) >= 11 is 0. The van der Waals surface area contributed by atoms with Crippen LogP contribution in [-0.2, 0) is 0 Å². The second kappa shape index (κ2) is 7.14. The van der Waals surface area contributed by atoms with Crippen molar-refractivity contribution in [3.63, 3.8) is 0 Å². The van der Waals surface area contributed by atoms with Crippen molar-refractivity contribution >= 4 is 0 Å². The summed E-state index contributed by atoms with van der Waals surface area (Å²) in [5, 5.41) is 0. The zero-order chi connectivity index (χ0) is 12.9. The fraction of sp³-hybridized carbons (Fsp3) is 0.875. The molecule has 0 radical (unpaired) electrons. The van der Waals surface area contributed by atoms with E-state index >= 15 is 0 Å². The molecule has 0 spiro atoms. The Labute approximate surface area is 104 Å². The van der Waals surface area contributed by atoms with Crippen LogP contribution in [0.15, 0.2) is 12.2 Å². The number of hydrogen-bond acceptors (Lipinski definition) is 0. The maximum absolute atomic E-state index is 4.33. The molecule has 0 saturated carbocycles. The fourth-order valence-corrected chi connectivity index (χ4v) is 3.14. The molecule has 0 aliphatic carbocycles. The number of rotatable bonds is 7. The Morgan fingerprint density at radius 1 is 0.938 bits per heavy atom. The van der Waals surface area contributed by atoms with E-state index in [0.29, 0.717) is 5.92 Å². The first kappa shape index (κ1) is 15.7. The van der Waals surface area contributed by atoms with Crippen LogP contribution in [0.5, 0.6) is 0 Å². The van der Waals surface area contributed by atoms with Crippen LogP contribution < -0.4 is 0 Å². The highest BCUT2D eigenvalue weighted by atomic mass is 14.4. The quantitative estimate of drug-likeness (QED) is 0.498. The van der Waals surface area contributed by atoms with Crippen LogP contribution in [0, 0.1) is 29.6 Å². The average Bonchev–Trinajstić information content (AvgIpc) is 2.22.